The molecule has 1 rings (SSSR count). The summed E-state index contributed by atoms with van der Waals surface area (Å²) in [6.07, 6.45) is 1.70. The van der Waals surface area contributed by atoms with Gasteiger partial charge < -0.3 is 15.2 Å². The van der Waals surface area contributed by atoms with Gasteiger partial charge >= 0.3 is 5.97 Å². The van der Waals surface area contributed by atoms with Gasteiger partial charge in [-0.25, -0.2) is 0 Å². The number of carbonyl (C=O) groups excluding carboxylic acids is 1. The first-order valence-corrected chi connectivity index (χ1v) is 4.75. The zero-order valence-electron chi connectivity index (χ0n) is 8.01. The highest BCUT2D eigenvalue weighted by Gasteiger charge is 2.32. The summed E-state index contributed by atoms with van der Waals surface area (Å²) in [5.41, 5.74) is -0.884. The number of piperidine rings is 1. The van der Waals surface area contributed by atoms with Crippen LogP contribution in [0.2, 0.25) is 0 Å². The standard InChI is InChI=1S/C9H17NO3/c1-2-13-8(11)6-9(12)4-3-5-10-7-9/h10,12H,2-7H2,1H3/t9-/m1/s1. The second kappa shape index (κ2) is 4.58. The molecule has 2 N–H and O–H groups in total. The summed E-state index contributed by atoms with van der Waals surface area (Å²) < 4.78 is 4.78. The van der Waals surface area contributed by atoms with Crippen LogP contribution in [0.25, 0.3) is 0 Å². The van der Waals surface area contributed by atoms with E-state index in [4.69, 9.17) is 4.74 Å². The van der Waals surface area contributed by atoms with Crippen LogP contribution in [0.3, 0.4) is 0 Å². The van der Waals surface area contributed by atoms with Gasteiger partial charge in [0.1, 0.15) is 0 Å². The van der Waals surface area contributed by atoms with E-state index in [2.05, 4.69) is 5.32 Å². The van der Waals surface area contributed by atoms with Crippen molar-refractivity contribution in [2.45, 2.75) is 31.8 Å². The number of rotatable bonds is 3. The molecule has 1 atom stereocenters. The third kappa shape index (κ3) is 3.32. The van der Waals surface area contributed by atoms with E-state index in [1.165, 1.54) is 0 Å². The fourth-order valence-electron chi connectivity index (χ4n) is 1.58. The topological polar surface area (TPSA) is 58.6 Å². The second-order valence-electron chi connectivity index (χ2n) is 3.49. The Labute approximate surface area is 78.3 Å². The number of esters is 1. The normalized spacial score (nSPS) is 28.5. The molecule has 0 aromatic heterocycles. The minimum atomic E-state index is -0.884. The Morgan fingerprint density at radius 2 is 2.46 bits per heavy atom. The van der Waals surface area contributed by atoms with E-state index in [9.17, 15) is 9.90 Å². The molecule has 1 aliphatic heterocycles. The third-order valence-corrected chi connectivity index (χ3v) is 2.23. The van der Waals surface area contributed by atoms with Crippen LogP contribution in [0.15, 0.2) is 0 Å². The van der Waals surface area contributed by atoms with Crippen molar-refractivity contribution in [3.8, 4) is 0 Å². The highest BCUT2D eigenvalue weighted by atomic mass is 16.5. The lowest BCUT2D eigenvalue weighted by molar-refractivity contribution is -0.149. The van der Waals surface area contributed by atoms with Crippen LogP contribution in [0.4, 0.5) is 0 Å². The van der Waals surface area contributed by atoms with Crippen molar-refractivity contribution < 1.29 is 14.6 Å². The van der Waals surface area contributed by atoms with Crippen LogP contribution < -0.4 is 5.32 Å². The van der Waals surface area contributed by atoms with Crippen LogP contribution in [0.1, 0.15) is 26.2 Å². The van der Waals surface area contributed by atoms with Gasteiger partial charge in [-0.15, -0.1) is 0 Å². The lowest BCUT2D eigenvalue weighted by atomic mass is 9.91. The van der Waals surface area contributed by atoms with Crippen LogP contribution in [0, 0.1) is 0 Å². The van der Waals surface area contributed by atoms with E-state index in [0.29, 0.717) is 19.6 Å². The molecule has 76 valence electrons. The summed E-state index contributed by atoms with van der Waals surface area (Å²) >= 11 is 0. The first-order valence-electron chi connectivity index (χ1n) is 4.75. The average Bonchev–Trinajstić information content (AvgIpc) is 2.04. The minimum Gasteiger partial charge on any atom is -0.466 e. The number of nitrogens with one attached hydrogen (secondary N) is 1. The molecule has 0 amide bonds. The molecule has 4 heteroatoms. The SMILES string of the molecule is CCOC(=O)C[C@]1(O)CCCNC1. The van der Waals surface area contributed by atoms with Crippen molar-refractivity contribution in [1.82, 2.24) is 5.32 Å². The molecule has 0 aliphatic carbocycles. The zero-order chi connectivity index (χ0) is 9.73. The highest BCUT2D eigenvalue weighted by molar-refractivity contribution is 5.70. The van der Waals surface area contributed by atoms with E-state index in [0.717, 1.165) is 13.0 Å². The molecule has 0 unspecified atom stereocenters. The van der Waals surface area contributed by atoms with Crippen molar-refractivity contribution in [2.75, 3.05) is 19.7 Å². The summed E-state index contributed by atoms with van der Waals surface area (Å²) in [6.45, 7) is 3.56. The number of aliphatic hydroxyl groups is 1. The number of hydrogen-bond donors (Lipinski definition) is 2. The van der Waals surface area contributed by atoms with Gasteiger partial charge in [0.05, 0.1) is 18.6 Å². The van der Waals surface area contributed by atoms with Gasteiger partial charge in [-0.1, -0.05) is 0 Å². The predicted molar refractivity (Wildman–Crippen MR) is 48.3 cm³/mol. The molecule has 0 radical (unpaired) electrons. The fraction of sp³-hybridized carbons (Fsp3) is 0.889. The molecule has 0 spiro atoms. The lowest BCUT2D eigenvalue weighted by Gasteiger charge is -2.31. The fourth-order valence-corrected chi connectivity index (χ4v) is 1.58. The quantitative estimate of drug-likeness (QED) is 0.613. The molecular formula is C9H17NO3. The predicted octanol–water partition coefficient (Wildman–Crippen LogP) is 0.0541. The van der Waals surface area contributed by atoms with Gasteiger partial charge in [-0.3, -0.25) is 4.79 Å². The Morgan fingerprint density at radius 1 is 1.69 bits per heavy atom. The van der Waals surface area contributed by atoms with Gasteiger partial charge in [0.2, 0.25) is 0 Å². The van der Waals surface area contributed by atoms with E-state index in [1.807, 2.05) is 0 Å². The maximum absolute atomic E-state index is 11.1. The van der Waals surface area contributed by atoms with Gasteiger partial charge in [-0.2, -0.15) is 0 Å². The molecule has 0 bridgehead atoms. The van der Waals surface area contributed by atoms with E-state index in [-0.39, 0.29) is 12.4 Å². The number of ether oxygens (including phenoxy) is 1. The van der Waals surface area contributed by atoms with E-state index >= 15 is 0 Å². The minimum absolute atomic E-state index is 0.105. The molecular weight excluding hydrogens is 170 g/mol. The summed E-state index contributed by atoms with van der Waals surface area (Å²) in [7, 11) is 0. The summed E-state index contributed by atoms with van der Waals surface area (Å²) in [5.74, 6) is -0.311. The largest absolute Gasteiger partial charge is 0.466 e. The number of β-amino-alcohol motifs (C(OH)–C–C–N with tert-alkyl or cyclic N) is 1. The van der Waals surface area contributed by atoms with Crippen LogP contribution >= 0.6 is 0 Å². The monoisotopic (exact) mass is 187 g/mol. The van der Waals surface area contributed by atoms with E-state index in [1.54, 1.807) is 6.92 Å². The zero-order valence-corrected chi connectivity index (χ0v) is 8.01. The Bertz CT molecular complexity index is 176. The highest BCUT2D eigenvalue weighted by Crippen LogP contribution is 2.20. The first kappa shape index (κ1) is 10.5. The average molecular weight is 187 g/mol. The molecule has 0 aromatic carbocycles. The molecule has 1 saturated heterocycles. The van der Waals surface area contributed by atoms with Crippen molar-refractivity contribution >= 4 is 5.97 Å². The van der Waals surface area contributed by atoms with Crippen LogP contribution in [-0.4, -0.2) is 36.4 Å². The van der Waals surface area contributed by atoms with Crippen molar-refractivity contribution in [2.24, 2.45) is 0 Å². The molecule has 0 aromatic rings. The maximum Gasteiger partial charge on any atom is 0.308 e. The van der Waals surface area contributed by atoms with Crippen molar-refractivity contribution in [1.29, 1.82) is 0 Å². The van der Waals surface area contributed by atoms with Gasteiger partial charge in [-0.05, 0) is 26.3 Å². The van der Waals surface area contributed by atoms with Gasteiger partial charge in [0.15, 0.2) is 0 Å². The number of carbonyl (C=O) groups is 1. The maximum atomic E-state index is 11.1. The molecule has 0 saturated carbocycles. The smallest absolute Gasteiger partial charge is 0.308 e. The second-order valence-corrected chi connectivity index (χ2v) is 3.49. The van der Waals surface area contributed by atoms with Gasteiger partial charge in [0.25, 0.3) is 0 Å². The van der Waals surface area contributed by atoms with Gasteiger partial charge in [0, 0.05) is 6.54 Å². The third-order valence-electron chi connectivity index (χ3n) is 2.23. The summed E-state index contributed by atoms with van der Waals surface area (Å²) in [6, 6.07) is 0. The Balaban J connectivity index is 2.36. The molecule has 13 heavy (non-hydrogen) atoms. The van der Waals surface area contributed by atoms with Crippen LogP contribution in [-0.2, 0) is 9.53 Å². The van der Waals surface area contributed by atoms with Crippen molar-refractivity contribution in [3.63, 3.8) is 0 Å². The molecule has 4 nitrogen and oxygen atoms in total. The Kier molecular flexibility index (Phi) is 3.69. The molecule has 1 fully saturated rings. The van der Waals surface area contributed by atoms with E-state index < -0.39 is 5.60 Å². The first-order chi connectivity index (χ1) is 6.16. The lowest BCUT2D eigenvalue weighted by Crippen LogP contribution is -2.47. The van der Waals surface area contributed by atoms with Crippen molar-refractivity contribution in [3.05, 3.63) is 0 Å². The Morgan fingerprint density at radius 3 is 3.00 bits per heavy atom. The molecule has 1 heterocycles. The summed E-state index contributed by atoms with van der Waals surface area (Å²) in [4.78, 5) is 11.1. The number of hydrogen-bond acceptors (Lipinski definition) is 4. The summed E-state index contributed by atoms with van der Waals surface area (Å²) in [5, 5.41) is 13.0. The Hall–Kier alpha value is -0.610. The van der Waals surface area contributed by atoms with Crippen LogP contribution in [0.5, 0.6) is 0 Å². The molecule has 1 aliphatic rings.